The van der Waals surface area contributed by atoms with Gasteiger partial charge in [-0.25, -0.2) is 4.79 Å². The number of carbonyl (C=O) groups excluding carboxylic acids is 1. The molecule has 2 atom stereocenters. The molecule has 5 nitrogen and oxygen atoms in total. The van der Waals surface area contributed by atoms with E-state index in [0.717, 1.165) is 29.1 Å². The van der Waals surface area contributed by atoms with Crippen LogP contribution in [0.1, 0.15) is 35.2 Å². The zero-order valence-corrected chi connectivity index (χ0v) is 14.5. The maximum atomic E-state index is 12.6. The lowest BCUT2D eigenvalue weighted by Gasteiger charge is -2.19. The van der Waals surface area contributed by atoms with Gasteiger partial charge in [-0.05, 0) is 56.0 Å². The van der Waals surface area contributed by atoms with Crippen LogP contribution < -0.4 is 16.7 Å². The first-order chi connectivity index (χ1) is 11.0. The molecule has 0 bridgehead atoms. The molecule has 1 fully saturated rings. The van der Waals surface area contributed by atoms with Crippen molar-refractivity contribution in [3.05, 3.63) is 44.2 Å². The minimum atomic E-state index is -0.600. The molecule has 1 amide bonds. The predicted octanol–water partition coefficient (Wildman–Crippen LogP) is 2.72. The normalized spacial score (nSPS) is 20.8. The van der Waals surface area contributed by atoms with E-state index in [2.05, 4.69) is 21.2 Å². The second-order valence-electron chi connectivity index (χ2n) is 6.04. The highest BCUT2D eigenvalue weighted by Crippen LogP contribution is 2.26. The first-order valence-electron chi connectivity index (χ1n) is 7.75. The van der Waals surface area contributed by atoms with E-state index in [1.807, 2.05) is 6.07 Å². The number of nitrogens with two attached hydrogens (primary N) is 1. The fraction of sp³-hybridized carbons (Fsp3) is 0.412. The summed E-state index contributed by atoms with van der Waals surface area (Å²) in [6, 6.07) is 5.40. The molecule has 23 heavy (non-hydrogen) atoms. The molecule has 1 aromatic carbocycles. The molecule has 122 valence electrons. The number of hydrogen-bond acceptors (Lipinski definition) is 4. The number of rotatable bonds is 3. The summed E-state index contributed by atoms with van der Waals surface area (Å²) in [6.07, 6.45) is 2.96. The van der Waals surface area contributed by atoms with Gasteiger partial charge in [-0.1, -0.05) is 22.4 Å². The van der Waals surface area contributed by atoms with E-state index in [4.69, 9.17) is 10.2 Å². The summed E-state index contributed by atoms with van der Waals surface area (Å²) in [5.41, 5.74) is 6.35. The van der Waals surface area contributed by atoms with Crippen molar-refractivity contribution in [1.82, 2.24) is 5.32 Å². The number of benzene rings is 1. The van der Waals surface area contributed by atoms with Gasteiger partial charge >= 0.3 is 5.63 Å². The number of nitrogens with one attached hydrogen (secondary N) is 1. The van der Waals surface area contributed by atoms with Crippen molar-refractivity contribution in [1.29, 1.82) is 0 Å². The fourth-order valence-corrected chi connectivity index (χ4v) is 3.70. The van der Waals surface area contributed by atoms with Gasteiger partial charge in [-0.3, -0.25) is 4.79 Å². The van der Waals surface area contributed by atoms with Crippen molar-refractivity contribution in [3.63, 3.8) is 0 Å². The Morgan fingerprint density at radius 2 is 2.22 bits per heavy atom. The molecule has 2 unspecified atom stereocenters. The Hall–Kier alpha value is -1.66. The second kappa shape index (κ2) is 6.45. The quantitative estimate of drug-likeness (QED) is 0.804. The van der Waals surface area contributed by atoms with Crippen LogP contribution in [0, 0.1) is 12.8 Å². The molecule has 1 aliphatic carbocycles. The molecule has 0 radical (unpaired) electrons. The van der Waals surface area contributed by atoms with Crippen molar-refractivity contribution in [2.24, 2.45) is 11.7 Å². The summed E-state index contributed by atoms with van der Waals surface area (Å²) in [6.45, 7) is 2.32. The third kappa shape index (κ3) is 3.05. The van der Waals surface area contributed by atoms with Gasteiger partial charge < -0.3 is 15.5 Å². The van der Waals surface area contributed by atoms with Crippen molar-refractivity contribution in [3.8, 4) is 0 Å². The molecule has 1 aromatic heterocycles. The van der Waals surface area contributed by atoms with Crippen LogP contribution in [0.2, 0.25) is 0 Å². The van der Waals surface area contributed by atoms with E-state index in [1.54, 1.807) is 19.1 Å². The Balaban J connectivity index is 1.98. The van der Waals surface area contributed by atoms with Crippen LogP contribution >= 0.6 is 15.9 Å². The van der Waals surface area contributed by atoms with E-state index in [0.29, 0.717) is 17.7 Å². The lowest BCUT2D eigenvalue weighted by Crippen LogP contribution is -2.41. The highest BCUT2D eigenvalue weighted by molar-refractivity contribution is 9.10. The van der Waals surface area contributed by atoms with E-state index in [9.17, 15) is 9.59 Å². The lowest BCUT2D eigenvalue weighted by atomic mass is 10.0. The largest absolute Gasteiger partial charge is 0.422 e. The second-order valence-corrected chi connectivity index (χ2v) is 6.95. The number of hydrogen-bond donors (Lipinski definition) is 2. The Kier molecular flexibility index (Phi) is 4.55. The number of halogens is 1. The van der Waals surface area contributed by atoms with Crippen molar-refractivity contribution in [2.45, 2.75) is 32.2 Å². The molecule has 3 rings (SSSR count). The van der Waals surface area contributed by atoms with Crippen molar-refractivity contribution in [2.75, 3.05) is 6.54 Å². The van der Waals surface area contributed by atoms with Crippen molar-refractivity contribution < 1.29 is 9.21 Å². The molecule has 6 heteroatoms. The maximum Gasteiger partial charge on any atom is 0.349 e. The molecular formula is C17H19BrN2O3. The number of aryl methyl sites for hydroxylation is 1. The van der Waals surface area contributed by atoms with Crippen LogP contribution in [0.5, 0.6) is 0 Å². The standard InChI is InChI=1S/C17H19BrN2O3/c1-9-12-7-11(18)5-6-14(12)23-17(22)15(9)16(21)20-13-4-2-3-10(13)8-19/h5-7,10,13H,2-4,8,19H2,1H3,(H,20,21). The zero-order valence-electron chi connectivity index (χ0n) is 12.9. The Labute approximate surface area is 142 Å². The highest BCUT2D eigenvalue weighted by atomic mass is 79.9. The van der Waals surface area contributed by atoms with Gasteiger partial charge in [0.05, 0.1) is 0 Å². The SMILES string of the molecule is Cc1c(C(=O)NC2CCCC2CN)c(=O)oc2ccc(Br)cc12. The maximum absolute atomic E-state index is 12.6. The molecule has 0 aliphatic heterocycles. The van der Waals surface area contributed by atoms with E-state index in [1.165, 1.54) is 0 Å². The van der Waals surface area contributed by atoms with E-state index >= 15 is 0 Å². The first-order valence-corrected chi connectivity index (χ1v) is 8.54. The predicted molar refractivity (Wildman–Crippen MR) is 92.6 cm³/mol. The Morgan fingerprint density at radius 3 is 2.96 bits per heavy atom. The van der Waals surface area contributed by atoms with E-state index in [-0.39, 0.29) is 23.4 Å². The molecule has 3 N–H and O–H groups in total. The smallest absolute Gasteiger partial charge is 0.349 e. The molecule has 1 saturated carbocycles. The van der Waals surface area contributed by atoms with Crippen LogP contribution in [0.4, 0.5) is 0 Å². The molecule has 2 aromatic rings. The summed E-state index contributed by atoms with van der Waals surface area (Å²) >= 11 is 3.40. The minimum absolute atomic E-state index is 0.0320. The summed E-state index contributed by atoms with van der Waals surface area (Å²) in [5.74, 6) is -0.0932. The molecule has 0 saturated heterocycles. The van der Waals surface area contributed by atoms with Crippen LogP contribution in [0.25, 0.3) is 11.0 Å². The number of fused-ring (bicyclic) bond motifs is 1. The minimum Gasteiger partial charge on any atom is -0.422 e. The van der Waals surface area contributed by atoms with Gasteiger partial charge in [0.2, 0.25) is 0 Å². The fourth-order valence-electron chi connectivity index (χ4n) is 3.34. The summed E-state index contributed by atoms with van der Waals surface area (Å²) in [7, 11) is 0. The van der Waals surface area contributed by atoms with Gasteiger partial charge in [0.1, 0.15) is 11.1 Å². The Bertz CT molecular complexity index is 815. The van der Waals surface area contributed by atoms with Crippen LogP contribution in [-0.4, -0.2) is 18.5 Å². The third-order valence-corrected chi connectivity index (χ3v) is 5.13. The average Bonchev–Trinajstić information content (AvgIpc) is 2.95. The molecule has 1 aliphatic rings. The van der Waals surface area contributed by atoms with Gasteiger partial charge in [0, 0.05) is 15.9 Å². The number of carbonyl (C=O) groups is 1. The summed E-state index contributed by atoms with van der Waals surface area (Å²) in [5, 5.41) is 3.72. The zero-order chi connectivity index (χ0) is 16.6. The van der Waals surface area contributed by atoms with Crippen LogP contribution in [0.15, 0.2) is 31.9 Å². The van der Waals surface area contributed by atoms with Gasteiger partial charge in [0.15, 0.2) is 0 Å². The molecular weight excluding hydrogens is 360 g/mol. The van der Waals surface area contributed by atoms with Crippen LogP contribution in [0.3, 0.4) is 0 Å². The van der Waals surface area contributed by atoms with Gasteiger partial charge in [0.25, 0.3) is 5.91 Å². The third-order valence-electron chi connectivity index (χ3n) is 4.63. The Morgan fingerprint density at radius 1 is 1.43 bits per heavy atom. The van der Waals surface area contributed by atoms with Gasteiger partial charge in [-0.2, -0.15) is 0 Å². The van der Waals surface area contributed by atoms with Crippen molar-refractivity contribution >= 4 is 32.8 Å². The monoisotopic (exact) mass is 378 g/mol. The summed E-state index contributed by atoms with van der Waals surface area (Å²) < 4.78 is 6.17. The molecule has 0 spiro atoms. The number of amides is 1. The van der Waals surface area contributed by atoms with Gasteiger partial charge in [-0.15, -0.1) is 0 Å². The molecule has 1 heterocycles. The van der Waals surface area contributed by atoms with E-state index < -0.39 is 5.63 Å². The summed E-state index contributed by atoms with van der Waals surface area (Å²) in [4.78, 5) is 24.9. The average molecular weight is 379 g/mol. The lowest BCUT2D eigenvalue weighted by molar-refractivity contribution is 0.0924. The van der Waals surface area contributed by atoms with Crippen LogP contribution in [-0.2, 0) is 0 Å². The highest BCUT2D eigenvalue weighted by Gasteiger charge is 2.29. The first kappa shape index (κ1) is 16.2. The topological polar surface area (TPSA) is 85.3 Å².